The van der Waals surface area contributed by atoms with Gasteiger partial charge in [-0.2, -0.15) is 0 Å². The number of hydrogen-bond donors (Lipinski definition) is 2. The summed E-state index contributed by atoms with van der Waals surface area (Å²) in [6.07, 6.45) is 0.538. The van der Waals surface area contributed by atoms with Crippen molar-refractivity contribution in [1.82, 2.24) is 9.55 Å². The average Bonchev–Trinajstić information content (AvgIpc) is 2.44. The summed E-state index contributed by atoms with van der Waals surface area (Å²) in [5.74, 6) is -0.359. The molecule has 0 fully saturated rings. The first-order chi connectivity index (χ1) is 10.0. The van der Waals surface area contributed by atoms with E-state index in [4.69, 9.17) is 16.3 Å². The molecule has 1 aromatic carbocycles. The van der Waals surface area contributed by atoms with Crippen molar-refractivity contribution in [2.24, 2.45) is 0 Å². The van der Waals surface area contributed by atoms with Crippen LogP contribution in [0.25, 0.3) is 11.1 Å². The van der Waals surface area contributed by atoms with E-state index in [1.165, 1.54) is 0 Å². The van der Waals surface area contributed by atoms with Crippen LogP contribution >= 0.6 is 11.6 Å². The van der Waals surface area contributed by atoms with Gasteiger partial charge in [-0.15, -0.1) is 0 Å². The minimum absolute atomic E-state index is 0.0451. The number of benzene rings is 1. The van der Waals surface area contributed by atoms with Crippen molar-refractivity contribution in [2.75, 3.05) is 13.7 Å². The molecule has 0 saturated carbocycles. The van der Waals surface area contributed by atoms with Gasteiger partial charge < -0.3 is 9.84 Å². The molecule has 0 aliphatic carbocycles. The van der Waals surface area contributed by atoms with Gasteiger partial charge in [0.25, 0.3) is 5.56 Å². The molecule has 0 atom stereocenters. The number of nitrogens with one attached hydrogen (secondary N) is 1. The molecule has 0 bridgehead atoms. The van der Waals surface area contributed by atoms with Gasteiger partial charge in [0.15, 0.2) is 0 Å². The third-order valence-electron chi connectivity index (χ3n) is 3.04. The molecule has 2 rings (SSSR count). The van der Waals surface area contributed by atoms with E-state index in [1.807, 2.05) is 0 Å². The summed E-state index contributed by atoms with van der Waals surface area (Å²) in [4.78, 5) is 25.9. The summed E-state index contributed by atoms with van der Waals surface area (Å²) in [7, 11) is 1.55. The molecule has 21 heavy (non-hydrogen) atoms. The normalized spacial score (nSPS) is 10.8. The van der Waals surface area contributed by atoms with E-state index < -0.39 is 11.2 Å². The van der Waals surface area contributed by atoms with E-state index >= 15 is 0 Å². The Balaban J connectivity index is 2.51. The average molecular weight is 311 g/mol. The monoisotopic (exact) mass is 310 g/mol. The second kappa shape index (κ2) is 6.60. The van der Waals surface area contributed by atoms with Crippen molar-refractivity contribution < 1.29 is 9.84 Å². The van der Waals surface area contributed by atoms with Gasteiger partial charge in [0, 0.05) is 25.3 Å². The van der Waals surface area contributed by atoms with Crippen molar-refractivity contribution in [3.8, 4) is 17.0 Å². The van der Waals surface area contributed by atoms with Gasteiger partial charge in [0.2, 0.25) is 5.88 Å². The SMILES string of the molecule is COCCCn1c(O)c(-c2ccc(Cl)cc2)c(=O)[nH]c1=O. The summed E-state index contributed by atoms with van der Waals surface area (Å²) < 4.78 is 6.03. The molecular weight excluding hydrogens is 296 g/mol. The van der Waals surface area contributed by atoms with Crippen molar-refractivity contribution in [1.29, 1.82) is 0 Å². The van der Waals surface area contributed by atoms with E-state index in [1.54, 1.807) is 31.4 Å². The van der Waals surface area contributed by atoms with Crippen molar-refractivity contribution >= 4 is 11.6 Å². The molecule has 2 aromatic rings. The number of nitrogens with zero attached hydrogens (tertiary/aromatic N) is 1. The van der Waals surface area contributed by atoms with Crippen LogP contribution in [-0.2, 0) is 11.3 Å². The van der Waals surface area contributed by atoms with E-state index in [-0.39, 0.29) is 18.0 Å². The zero-order chi connectivity index (χ0) is 15.4. The molecule has 0 aliphatic rings. The number of ether oxygens (including phenoxy) is 1. The lowest BCUT2D eigenvalue weighted by atomic mass is 10.1. The van der Waals surface area contributed by atoms with E-state index in [9.17, 15) is 14.7 Å². The second-order valence-corrected chi connectivity index (χ2v) is 4.90. The Kier molecular flexibility index (Phi) is 4.82. The van der Waals surface area contributed by atoms with Gasteiger partial charge in [-0.05, 0) is 24.1 Å². The first-order valence-corrected chi connectivity index (χ1v) is 6.73. The standard InChI is InChI=1S/C14H15ClN2O4/c1-21-8-2-7-17-13(19)11(12(18)16-14(17)20)9-3-5-10(15)6-4-9/h3-6,19H,2,7-8H2,1H3,(H,16,18,20). The van der Waals surface area contributed by atoms with E-state index in [0.717, 1.165) is 4.57 Å². The van der Waals surface area contributed by atoms with Crippen molar-refractivity contribution in [3.63, 3.8) is 0 Å². The molecule has 0 radical (unpaired) electrons. The van der Waals surface area contributed by atoms with E-state index in [2.05, 4.69) is 4.98 Å². The number of halogens is 1. The van der Waals surface area contributed by atoms with E-state index in [0.29, 0.717) is 23.6 Å². The smallest absolute Gasteiger partial charge is 0.331 e. The topological polar surface area (TPSA) is 84.3 Å². The minimum atomic E-state index is -0.647. The van der Waals surface area contributed by atoms with Gasteiger partial charge in [0.05, 0.1) is 0 Å². The van der Waals surface area contributed by atoms with Gasteiger partial charge in [-0.25, -0.2) is 4.79 Å². The van der Waals surface area contributed by atoms with Gasteiger partial charge in [-0.3, -0.25) is 14.3 Å². The highest BCUT2D eigenvalue weighted by molar-refractivity contribution is 6.30. The Morgan fingerprint density at radius 3 is 2.57 bits per heavy atom. The summed E-state index contributed by atoms with van der Waals surface area (Å²) in [6.45, 7) is 0.692. The summed E-state index contributed by atoms with van der Waals surface area (Å²) >= 11 is 5.80. The molecule has 1 aromatic heterocycles. The van der Waals surface area contributed by atoms with Crippen LogP contribution in [0.2, 0.25) is 5.02 Å². The molecule has 112 valence electrons. The van der Waals surface area contributed by atoms with Crippen LogP contribution in [0.3, 0.4) is 0 Å². The fourth-order valence-electron chi connectivity index (χ4n) is 2.01. The number of rotatable bonds is 5. The van der Waals surface area contributed by atoms with Crippen LogP contribution in [-0.4, -0.2) is 28.4 Å². The third kappa shape index (κ3) is 3.34. The molecule has 0 unspecified atom stereocenters. The summed E-state index contributed by atoms with van der Waals surface area (Å²) in [5, 5.41) is 10.8. The minimum Gasteiger partial charge on any atom is -0.494 e. The zero-order valence-electron chi connectivity index (χ0n) is 11.4. The first-order valence-electron chi connectivity index (χ1n) is 6.35. The highest BCUT2D eigenvalue weighted by Crippen LogP contribution is 2.25. The zero-order valence-corrected chi connectivity index (χ0v) is 12.2. The van der Waals surface area contributed by atoms with Crippen LogP contribution in [0.5, 0.6) is 5.88 Å². The number of aromatic hydroxyl groups is 1. The van der Waals surface area contributed by atoms with Crippen LogP contribution in [0, 0.1) is 0 Å². The van der Waals surface area contributed by atoms with Crippen LogP contribution in [0.4, 0.5) is 0 Å². The van der Waals surface area contributed by atoms with Gasteiger partial charge >= 0.3 is 5.69 Å². The van der Waals surface area contributed by atoms with Crippen molar-refractivity contribution in [3.05, 3.63) is 50.1 Å². The predicted molar refractivity (Wildman–Crippen MR) is 79.9 cm³/mol. The third-order valence-corrected chi connectivity index (χ3v) is 3.29. The fourth-order valence-corrected chi connectivity index (χ4v) is 2.14. The largest absolute Gasteiger partial charge is 0.494 e. The molecule has 0 aliphatic heterocycles. The number of hydrogen-bond acceptors (Lipinski definition) is 4. The Hall–Kier alpha value is -2.05. The lowest BCUT2D eigenvalue weighted by Crippen LogP contribution is -2.31. The molecule has 0 saturated heterocycles. The Labute approximate surface area is 125 Å². The summed E-state index contributed by atoms with van der Waals surface area (Å²) in [6, 6.07) is 6.43. The maximum absolute atomic E-state index is 11.9. The number of H-pyrrole nitrogens is 1. The summed E-state index contributed by atoms with van der Waals surface area (Å²) in [5.41, 5.74) is -0.753. The quantitative estimate of drug-likeness (QED) is 0.822. The molecule has 0 amide bonds. The van der Waals surface area contributed by atoms with Gasteiger partial charge in [-0.1, -0.05) is 23.7 Å². The first kappa shape index (κ1) is 15.3. The molecule has 7 heteroatoms. The molecule has 6 nitrogen and oxygen atoms in total. The maximum Gasteiger partial charge on any atom is 0.331 e. The number of methoxy groups -OCH3 is 1. The predicted octanol–water partition coefficient (Wildman–Crippen LogP) is 1.60. The Morgan fingerprint density at radius 2 is 1.95 bits per heavy atom. The maximum atomic E-state index is 11.9. The van der Waals surface area contributed by atoms with Crippen molar-refractivity contribution in [2.45, 2.75) is 13.0 Å². The number of aromatic nitrogens is 2. The highest BCUT2D eigenvalue weighted by atomic mass is 35.5. The fraction of sp³-hybridized carbons (Fsp3) is 0.286. The molecule has 2 N–H and O–H groups in total. The highest BCUT2D eigenvalue weighted by Gasteiger charge is 2.15. The van der Waals surface area contributed by atoms with Gasteiger partial charge in [0.1, 0.15) is 5.56 Å². The lowest BCUT2D eigenvalue weighted by Gasteiger charge is -2.11. The molecular formula is C14H15ClN2O4. The lowest BCUT2D eigenvalue weighted by molar-refractivity contribution is 0.188. The number of aromatic amines is 1. The molecule has 0 spiro atoms. The van der Waals surface area contributed by atoms with Crippen LogP contribution in [0.1, 0.15) is 6.42 Å². The van der Waals surface area contributed by atoms with Crippen LogP contribution in [0.15, 0.2) is 33.9 Å². The Bertz CT molecular complexity index is 734. The Morgan fingerprint density at radius 1 is 1.29 bits per heavy atom. The second-order valence-electron chi connectivity index (χ2n) is 4.46. The van der Waals surface area contributed by atoms with Crippen LogP contribution < -0.4 is 11.2 Å². The molecule has 1 heterocycles.